The molecule has 8 nitrogen and oxygen atoms in total. The minimum atomic E-state index is -0.247. The molecule has 0 saturated heterocycles. The van der Waals surface area contributed by atoms with E-state index in [1.54, 1.807) is 0 Å². The number of thiazole rings is 1. The Bertz CT molecular complexity index is 1190. The minimum Gasteiger partial charge on any atom is -0.490 e. The van der Waals surface area contributed by atoms with E-state index in [2.05, 4.69) is 35.0 Å². The first-order chi connectivity index (χ1) is 15.2. The Morgan fingerprint density at radius 2 is 2.00 bits per heavy atom. The van der Waals surface area contributed by atoms with Crippen LogP contribution in [0.5, 0.6) is 5.75 Å². The Morgan fingerprint density at radius 3 is 2.75 bits per heavy atom. The van der Waals surface area contributed by atoms with Crippen molar-refractivity contribution >= 4 is 39.6 Å². The summed E-state index contributed by atoms with van der Waals surface area (Å²) >= 11 is 1.46. The fourth-order valence-electron chi connectivity index (χ4n) is 4.01. The molecule has 9 heteroatoms. The standard InChI is InChI=1S/C23H26N6O2S/c1-14-6-9-19(26-25-14)27(4)15-7-8-18-17(12-15)29(10-11-31-18)22-24-16-13-23(2,3)28(5)21(30)20(16)32-22/h6-9,12H,10-11,13H2,1-5H3. The summed E-state index contributed by atoms with van der Waals surface area (Å²) in [6, 6.07) is 9.97. The number of hydrogen-bond donors (Lipinski definition) is 0. The number of aryl methyl sites for hydroxylation is 1. The number of rotatable bonds is 3. The quantitative estimate of drug-likeness (QED) is 0.598. The third kappa shape index (κ3) is 3.37. The maximum atomic E-state index is 12.9. The molecule has 32 heavy (non-hydrogen) atoms. The van der Waals surface area contributed by atoms with Crippen molar-refractivity contribution in [2.24, 2.45) is 0 Å². The van der Waals surface area contributed by atoms with Crippen LogP contribution in [0.3, 0.4) is 0 Å². The molecule has 2 aliphatic heterocycles. The monoisotopic (exact) mass is 450 g/mol. The molecule has 0 aliphatic carbocycles. The second-order valence-corrected chi connectivity index (χ2v) is 9.85. The van der Waals surface area contributed by atoms with Gasteiger partial charge in [-0.25, -0.2) is 4.98 Å². The van der Waals surface area contributed by atoms with Crippen LogP contribution in [0.4, 0.5) is 22.3 Å². The number of aromatic nitrogens is 3. The van der Waals surface area contributed by atoms with Crippen molar-refractivity contribution in [3.63, 3.8) is 0 Å². The molecule has 166 valence electrons. The number of fused-ring (bicyclic) bond motifs is 2. The summed E-state index contributed by atoms with van der Waals surface area (Å²) in [5, 5.41) is 9.29. The first-order valence-electron chi connectivity index (χ1n) is 10.6. The fourth-order valence-corrected chi connectivity index (χ4v) is 5.11. The van der Waals surface area contributed by atoms with Crippen LogP contribution in [0.1, 0.15) is 34.9 Å². The van der Waals surface area contributed by atoms with E-state index in [-0.39, 0.29) is 11.4 Å². The summed E-state index contributed by atoms with van der Waals surface area (Å²) in [5.74, 6) is 1.61. The number of benzene rings is 1. The summed E-state index contributed by atoms with van der Waals surface area (Å²) in [4.78, 5) is 24.5. The van der Waals surface area contributed by atoms with Gasteiger partial charge in [-0.05, 0) is 51.1 Å². The van der Waals surface area contributed by atoms with Gasteiger partial charge in [0.15, 0.2) is 10.9 Å². The highest BCUT2D eigenvalue weighted by molar-refractivity contribution is 7.17. The smallest absolute Gasteiger partial charge is 0.266 e. The topological polar surface area (TPSA) is 74.7 Å². The molecule has 4 heterocycles. The van der Waals surface area contributed by atoms with Crippen LogP contribution in [0.15, 0.2) is 30.3 Å². The van der Waals surface area contributed by atoms with Crippen LogP contribution in [0.2, 0.25) is 0 Å². The van der Waals surface area contributed by atoms with E-state index in [0.717, 1.165) is 50.8 Å². The third-order valence-corrected chi connectivity index (χ3v) is 7.35. The third-order valence-electron chi connectivity index (χ3n) is 6.24. The molecule has 0 fully saturated rings. The number of amides is 1. The first-order valence-corrected chi connectivity index (χ1v) is 11.4. The molecule has 0 radical (unpaired) electrons. The zero-order valence-electron chi connectivity index (χ0n) is 18.9. The molecule has 0 bridgehead atoms. The molecule has 0 saturated carbocycles. The lowest BCUT2D eigenvalue weighted by molar-refractivity contribution is 0.0595. The van der Waals surface area contributed by atoms with E-state index in [0.29, 0.717) is 13.2 Å². The van der Waals surface area contributed by atoms with Crippen LogP contribution in [0, 0.1) is 6.92 Å². The fraction of sp³-hybridized carbons (Fsp3) is 0.391. The minimum absolute atomic E-state index is 0.0416. The lowest BCUT2D eigenvalue weighted by Gasteiger charge is -2.38. The SMILES string of the molecule is Cc1ccc(N(C)c2ccc3c(c2)N(c2nc4c(s2)C(=O)N(C)C(C)(C)C4)CCO3)nn1. The number of carbonyl (C=O) groups excluding carboxylic acids is 1. The molecule has 3 aromatic rings. The molecular formula is C23H26N6O2S. The van der Waals surface area contributed by atoms with Gasteiger partial charge in [-0.2, -0.15) is 5.10 Å². The van der Waals surface area contributed by atoms with Crippen molar-refractivity contribution in [2.45, 2.75) is 32.7 Å². The van der Waals surface area contributed by atoms with E-state index >= 15 is 0 Å². The summed E-state index contributed by atoms with van der Waals surface area (Å²) in [7, 11) is 3.83. The molecule has 0 spiro atoms. The van der Waals surface area contributed by atoms with Crippen molar-refractivity contribution in [2.75, 3.05) is 37.0 Å². The molecule has 1 aromatic carbocycles. The predicted octanol–water partition coefficient (Wildman–Crippen LogP) is 3.95. The predicted molar refractivity (Wildman–Crippen MR) is 126 cm³/mol. The molecule has 0 atom stereocenters. The Kier molecular flexibility index (Phi) is 4.81. The lowest BCUT2D eigenvalue weighted by atomic mass is 9.92. The van der Waals surface area contributed by atoms with E-state index < -0.39 is 0 Å². The molecule has 2 aromatic heterocycles. The molecule has 0 unspecified atom stereocenters. The normalized spacial score (nSPS) is 17.0. The van der Waals surface area contributed by atoms with Crippen molar-refractivity contribution in [1.29, 1.82) is 0 Å². The van der Waals surface area contributed by atoms with Gasteiger partial charge < -0.3 is 19.4 Å². The molecule has 1 amide bonds. The van der Waals surface area contributed by atoms with Crippen LogP contribution >= 0.6 is 11.3 Å². The highest BCUT2D eigenvalue weighted by Crippen LogP contribution is 2.43. The summed E-state index contributed by atoms with van der Waals surface area (Å²) in [6.45, 7) is 7.31. The number of nitrogens with zero attached hydrogens (tertiary/aromatic N) is 6. The number of hydrogen-bond acceptors (Lipinski definition) is 8. The lowest BCUT2D eigenvalue weighted by Crippen LogP contribution is -2.49. The average Bonchev–Trinajstić information content (AvgIpc) is 3.20. The second-order valence-electron chi connectivity index (χ2n) is 8.87. The number of ether oxygens (including phenoxy) is 1. The number of anilines is 4. The van der Waals surface area contributed by atoms with E-state index in [9.17, 15) is 4.79 Å². The second kappa shape index (κ2) is 7.44. The molecular weight excluding hydrogens is 424 g/mol. The van der Waals surface area contributed by atoms with E-state index in [1.807, 2.05) is 55.1 Å². The maximum Gasteiger partial charge on any atom is 0.266 e. The first kappa shape index (κ1) is 20.7. The average molecular weight is 451 g/mol. The highest BCUT2D eigenvalue weighted by Gasteiger charge is 2.39. The summed E-state index contributed by atoms with van der Waals surface area (Å²) in [6.07, 6.45) is 0.743. The summed E-state index contributed by atoms with van der Waals surface area (Å²) in [5.41, 5.74) is 3.42. The molecule has 5 rings (SSSR count). The van der Waals surface area contributed by atoms with Crippen molar-refractivity contribution in [3.8, 4) is 5.75 Å². The van der Waals surface area contributed by atoms with Crippen molar-refractivity contribution < 1.29 is 9.53 Å². The number of carbonyl (C=O) groups is 1. The van der Waals surface area contributed by atoms with Crippen LogP contribution in [0.25, 0.3) is 0 Å². The van der Waals surface area contributed by atoms with Gasteiger partial charge in [0.05, 0.1) is 23.6 Å². The number of likely N-dealkylation sites (N-methyl/N-ethyl adjacent to an activating group) is 1. The van der Waals surface area contributed by atoms with Crippen LogP contribution in [-0.2, 0) is 6.42 Å². The Morgan fingerprint density at radius 1 is 1.19 bits per heavy atom. The van der Waals surface area contributed by atoms with Gasteiger partial charge in [0.25, 0.3) is 5.91 Å². The van der Waals surface area contributed by atoms with Gasteiger partial charge in [0.1, 0.15) is 17.2 Å². The summed E-state index contributed by atoms with van der Waals surface area (Å²) < 4.78 is 5.92. The Balaban J connectivity index is 1.52. The van der Waals surface area contributed by atoms with Gasteiger partial charge in [0, 0.05) is 31.7 Å². The highest BCUT2D eigenvalue weighted by atomic mass is 32.1. The van der Waals surface area contributed by atoms with Crippen LogP contribution < -0.4 is 14.5 Å². The largest absolute Gasteiger partial charge is 0.490 e. The van der Waals surface area contributed by atoms with Gasteiger partial charge in [-0.3, -0.25) is 4.79 Å². The van der Waals surface area contributed by atoms with Gasteiger partial charge in [-0.15, -0.1) is 5.10 Å². The van der Waals surface area contributed by atoms with Crippen molar-refractivity contribution in [1.82, 2.24) is 20.1 Å². The van der Waals surface area contributed by atoms with E-state index in [1.165, 1.54) is 11.3 Å². The van der Waals surface area contributed by atoms with Gasteiger partial charge in [-0.1, -0.05) is 11.3 Å². The zero-order valence-corrected chi connectivity index (χ0v) is 19.7. The maximum absolute atomic E-state index is 12.9. The Hall–Kier alpha value is -3.20. The zero-order chi connectivity index (χ0) is 22.6. The molecule has 0 N–H and O–H groups in total. The van der Waals surface area contributed by atoms with Crippen molar-refractivity contribution in [3.05, 3.63) is 46.6 Å². The van der Waals surface area contributed by atoms with Crippen LogP contribution in [-0.4, -0.2) is 58.8 Å². The van der Waals surface area contributed by atoms with Gasteiger partial charge in [0.2, 0.25) is 0 Å². The Labute approximate surface area is 191 Å². The molecule has 2 aliphatic rings. The van der Waals surface area contributed by atoms with E-state index in [4.69, 9.17) is 9.72 Å². The van der Waals surface area contributed by atoms with Gasteiger partial charge >= 0.3 is 0 Å².